The molecule has 43 heavy (non-hydrogen) atoms. The van der Waals surface area contributed by atoms with Crippen molar-refractivity contribution in [2.24, 2.45) is 0 Å². The van der Waals surface area contributed by atoms with Crippen molar-refractivity contribution < 1.29 is 9.59 Å². The highest BCUT2D eigenvalue weighted by molar-refractivity contribution is 5.83. The van der Waals surface area contributed by atoms with E-state index in [-0.39, 0.29) is 49.1 Å². The molecule has 0 bridgehead atoms. The fourth-order valence-electron chi connectivity index (χ4n) is 5.73. The predicted molar refractivity (Wildman–Crippen MR) is 161 cm³/mol. The molecule has 2 aromatic carbocycles. The van der Waals surface area contributed by atoms with Gasteiger partial charge in [-0.05, 0) is 61.2 Å². The molecule has 1 aliphatic rings. The maximum Gasteiger partial charge on any atom is 0.187 e. The van der Waals surface area contributed by atoms with E-state index in [2.05, 4.69) is 31.3 Å². The van der Waals surface area contributed by atoms with Crippen LogP contribution in [0.3, 0.4) is 0 Å². The normalized spacial score (nSPS) is 16.4. The number of rotatable bonds is 10. The zero-order valence-electron chi connectivity index (χ0n) is 23.9. The summed E-state index contributed by atoms with van der Waals surface area (Å²) >= 11 is 0. The minimum Gasteiger partial charge on any atom is -0.299 e. The molecule has 2 atom stereocenters. The monoisotopic (exact) mass is 568 g/mol. The van der Waals surface area contributed by atoms with Crippen LogP contribution in [0.2, 0.25) is 0 Å². The maximum atomic E-state index is 12.6. The van der Waals surface area contributed by atoms with E-state index in [9.17, 15) is 9.59 Å². The number of nitrogens with zero attached hydrogens (tertiary/aromatic N) is 6. The van der Waals surface area contributed by atoms with Crippen LogP contribution in [-0.4, -0.2) is 32.0 Å². The van der Waals surface area contributed by atoms with Crippen LogP contribution in [0.25, 0.3) is 4.85 Å². The highest BCUT2D eigenvalue weighted by Gasteiger charge is 2.25. The summed E-state index contributed by atoms with van der Waals surface area (Å²) in [6, 6.07) is 24.1. The van der Waals surface area contributed by atoms with Gasteiger partial charge < -0.3 is 0 Å². The van der Waals surface area contributed by atoms with Crippen molar-refractivity contribution in [1.29, 1.82) is 5.26 Å². The first kappa shape index (κ1) is 29.4. The smallest absolute Gasteiger partial charge is 0.187 e. The van der Waals surface area contributed by atoms with Crippen molar-refractivity contribution in [3.8, 4) is 6.07 Å². The number of benzene rings is 2. The maximum absolute atomic E-state index is 12.6. The van der Waals surface area contributed by atoms with Gasteiger partial charge in [0.25, 0.3) is 0 Å². The third kappa shape index (κ3) is 8.24. The number of aromatic nitrogens is 4. The number of nitriles is 1. The van der Waals surface area contributed by atoms with Crippen LogP contribution < -0.4 is 0 Å². The van der Waals surface area contributed by atoms with Crippen LogP contribution in [-0.2, 0) is 35.3 Å². The fraction of sp³-hybridized carbons (Fsp3) is 0.314. The Labute approximate surface area is 251 Å². The Morgan fingerprint density at radius 3 is 1.81 bits per heavy atom. The lowest BCUT2D eigenvalue weighted by Crippen LogP contribution is -2.12. The minimum atomic E-state index is 0.0321. The van der Waals surface area contributed by atoms with Gasteiger partial charge in [-0.2, -0.15) is 25.7 Å². The molecule has 2 aromatic heterocycles. The lowest BCUT2D eigenvalue weighted by molar-refractivity contribution is -0.118. The van der Waals surface area contributed by atoms with Gasteiger partial charge in [0, 0.05) is 24.7 Å². The van der Waals surface area contributed by atoms with Crippen molar-refractivity contribution in [2.75, 3.05) is 0 Å². The standard InChI is InChI=1S/C35H32N6O2/c1-37-29-11-5-7-25(17-29)19-33(43)22-31-13-15-35(41-39-31)28-10-3-2-9-27(20-28)34-14-12-30(38-40-34)21-32(42)18-24-6-4-8-26(16-24)23-36/h4-8,11-17,27-28H,2-3,9-10,18-22H2. The van der Waals surface area contributed by atoms with E-state index in [1.807, 2.05) is 36.4 Å². The third-order valence-electron chi connectivity index (χ3n) is 7.90. The number of ketones is 2. The molecule has 8 heteroatoms. The average Bonchev–Trinajstić information content (AvgIpc) is 3.28. The van der Waals surface area contributed by atoms with Crippen LogP contribution in [0, 0.1) is 17.9 Å². The molecule has 8 nitrogen and oxygen atoms in total. The molecule has 4 aromatic rings. The van der Waals surface area contributed by atoms with Gasteiger partial charge in [0.15, 0.2) is 5.69 Å². The fourth-order valence-corrected chi connectivity index (χ4v) is 5.73. The Hall–Kier alpha value is -5.08. The molecule has 0 spiro atoms. The Kier molecular flexibility index (Phi) is 9.71. The van der Waals surface area contributed by atoms with Gasteiger partial charge in [-0.25, -0.2) is 4.85 Å². The van der Waals surface area contributed by atoms with Gasteiger partial charge in [-0.15, -0.1) is 0 Å². The van der Waals surface area contributed by atoms with E-state index in [0.29, 0.717) is 22.6 Å². The van der Waals surface area contributed by atoms with Gasteiger partial charge in [-0.1, -0.05) is 54.8 Å². The summed E-state index contributed by atoms with van der Waals surface area (Å²) in [6.07, 6.45) is 6.07. The van der Waals surface area contributed by atoms with Crippen LogP contribution >= 0.6 is 0 Å². The molecule has 0 saturated heterocycles. The Bertz CT molecular complexity index is 1540. The molecule has 0 N–H and O–H groups in total. The van der Waals surface area contributed by atoms with Crippen LogP contribution in [0.5, 0.6) is 0 Å². The predicted octanol–water partition coefficient (Wildman–Crippen LogP) is 6.23. The summed E-state index contributed by atoms with van der Waals surface area (Å²) in [7, 11) is 0. The van der Waals surface area contributed by atoms with E-state index < -0.39 is 0 Å². The van der Waals surface area contributed by atoms with Crippen LogP contribution in [0.15, 0.2) is 72.8 Å². The van der Waals surface area contributed by atoms with E-state index in [1.165, 1.54) is 0 Å². The van der Waals surface area contributed by atoms with Crippen molar-refractivity contribution in [2.45, 2.75) is 69.6 Å². The molecule has 5 rings (SSSR count). The number of Topliss-reactive ketones (excluding diaryl/α,β-unsaturated/α-hetero) is 2. The first-order valence-corrected chi connectivity index (χ1v) is 14.6. The Morgan fingerprint density at radius 1 is 0.744 bits per heavy atom. The van der Waals surface area contributed by atoms with Crippen molar-refractivity contribution in [3.63, 3.8) is 0 Å². The summed E-state index contributed by atoms with van der Waals surface area (Å²) in [4.78, 5) is 28.7. The minimum absolute atomic E-state index is 0.0321. The lowest BCUT2D eigenvalue weighted by Gasteiger charge is -2.19. The Morgan fingerprint density at radius 2 is 1.30 bits per heavy atom. The van der Waals surface area contributed by atoms with Crippen LogP contribution in [0.1, 0.15) is 83.4 Å². The molecular formula is C35H32N6O2. The molecule has 1 fully saturated rings. The summed E-state index contributed by atoms with van der Waals surface area (Å²) in [5, 5.41) is 26.9. The molecule has 0 amide bonds. The molecular weight excluding hydrogens is 536 g/mol. The summed E-state index contributed by atoms with van der Waals surface area (Å²) in [6.45, 7) is 7.15. The number of hydrogen-bond acceptors (Lipinski definition) is 7. The topological polar surface area (TPSA) is 114 Å². The van der Waals surface area contributed by atoms with Crippen molar-refractivity contribution in [3.05, 3.63) is 124 Å². The van der Waals surface area contributed by atoms with Gasteiger partial charge in [0.2, 0.25) is 0 Å². The molecule has 0 aliphatic heterocycles. The summed E-state index contributed by atoms with van der Waals surface area (Å²) in [5.41, 5.74) is 5.89. The summed E-state index contributed by atoms with van der Waals surface area (Å²) < 4.78 is 0. The molecule has 2 unspecified atom stereocenters. The highest BCUT2D eigenvalue weighted by Crippen LogP contribution is 2.38. The molecule has 1 aliphatic carbocycles. The SMILES string of the molecule is [C-]#[N+]c1cccc(CC(=O)Cc2ccc(C3CCCCC(c4ccc(CC(=O)Cc5cccc(C#N)c5)nn4)C3)nn2)c1. The van der Waals surface area contributed by atoms with Crippen molar-refractivity contribution in [1.82, 2.24) is 20.4 Å². The van der Waals surface area contributed by atoms with Gasteiger partial charge in [0.05, 0.1) is 53.8 Å². The number of carbonyl (C=O) groups excluding carboxylic acids is 2. The first-order chi connectivity index (χ1) is 21.0. The molecule has 214 valence electrons. The second-order valence-corrected chi connectivity index (χ2v) is 11.2. The zero-order chi connectivity index (χ0) is 30.0. The van der Waals surface area contributed by atoms with Gasteiger partial charge >= 0.3 is 0 Å². The van der Waals surface area contributed by atoms with Crippen LogP contribution in [0.4, 0.5) is 5.69 Å². The third-order valence-corrected chi connectivity index (χ3v) is 7.90. The van der Waals surface area contributed by atoms with E-state index in [0.717, 1.165) is 54.6 Å². The quantitative estimate of drug-likeness (QED) is 0.165. The molecule has 1 saturated carbocycles. The zero-order valence-corrected chi connectivity index (χ0v) is 23.9. The first-order valence-electron chi connectivity index (χ1n) is 14.6. The summed E-state index contributed by atoms with van der Waals surface area (Å²) in [5.74, 6) is 0.557. The van der Waals surface area contributed by atoms with Gasteiger partial charge in [0.1, 0.15) is 11.6 Å². The molecule has 0 radical (unpaired) electrons. The second-order valence-electron chi connectivity index (χ2n) is 11.2. The highest BCUT2D eigenvalue weighted by atomic mass is 16.1. The van der Waals surface area contributed by atoms with Gasteiger partial charge in [-0.3, -0.25) is 9.59 Å². The second kappa shape index (κ2) is 14.2. The molecule has 2 heterocycles. The van der Waals surface area contributed by atoms with Crippen molar-refractivity contribution >= 4 is 17.3 Å². The largest absolute Gasteiger partial charge is 0.299 e. The van der Waals surface area contributed by atoms with E-state index in [1.54, 1.807) is 36.4 Å². The number of carbonyl (C=O) groups is 2. The lowest BCUT2D eigenvalue weighted by atomic mass is 9.88. The van der Waals surface area contributed by atoms with E-state index >= 15 is 0 Å². The van der Waals surface area contributed by atoms with E-state index in [4.69, 9.17) is 11.8 Å². The number of hydrogen-bond donors (Lipinski definition) is 0. The Balaban J connectivity index is 1.16. The average molecular weight is 569 g/mol.